The number of rotatable bonds is 1. The summed E-state index contributed by atoms with van der Waals surface area (Å²) < 4.78 is 0. The van der Waals surface area contributed by atoms with Crippen molar-refractivity contribution in [2.75, 3.05) is 26.7 Å². The molecule has 0 aromatic rings. The van der Waals surface area contributed by atoms with Crippen molar-refractivity contribution in [3.05, 3.63) is 0 Å². The highest BCUT2D eigenvalue weighted by Gasteiger charge is 2.36. The van der Waals surface area contributed by atoms with Crippen LogP contribution in [-0.2, 0) is 9.59 Å². The largest absolute Gasteiger partial charge is 0.345 e. The van der Waals surface area contributed by atoms with Crippen LogP contribution in [0.4, 0.5) is 0 Å². The number of hydrogen-bond donors (Lipinski definition) is 1. The molecule has 2 unspecified atom stereocenters. The van der Waals surface area contributed by atoms with Gasteiger partial charge in [0, 0.05) is 39.1 Å². The van der Waals surface area contributed by atoms with Gasteiger partial charge in [-0.2, -0.15) is 0 Å². The Hall–Kier alpha value is -1.10. The van der Waals surface area contributed by atoms with Gasteiger partial charge >= 0.3 is 0 Å². The molecule has 0 radical (unpaired) electrons. The average molecular weight is 211 g/mol. The number of likely N-dealkylation sites (tertiary alicyclic amines) is 2. The van der Waals surface area contributed by atoms with Gasteiger partial charge in [0.05, 0.1) is 5.92 Å². The third-order valence-electron chi connectivity index (χ3n) is 3.23. The van der Waals surface area contributed by atoms with E-state index in [-0.39, 0.29) is 23.8 Å². The van der Waals surface area contributed by atoms with Crippen LogP contribution in [0.5, 0.6) is 0 Å². The molecule has 0 aromatic heterocycles. The van der Waals surface area contributed by atoms with Crippen LogP contribution in [0.3, 0.4) is 0 Å². The molecule has 2 atom stereocenters. The topological polar surface area (TPSA) is 66.6 Å². The lowest BCUT2D eigenvalue weighted by molar-refractivity contribution is -0.134. The summed E-state index contributed by atoms with van der Waals surface area (Å²) in [7, 11) is 1.74. The van der Waals surface area contributed by atoms with Crippen molar-refractivity contribution in [1.29, 1.82) is 0 Å². The fraction of sp³-hybridized carbons (Fsp3) is 0.800. The second kappa shape index (κ2) is 3.81. The first kappa shape index (κ1) is 10.4. The maximum Gasteiger partial charge on any atom is 0.228 e. The van der Waals surface area contributed by atoms with E-state index < -0.39 is 0 Å². The van der Waals surface area contributed by atoms with Crippen LogP contribution >= 0.6 is 0 Å². The number of hydrogen-bond acceptors (Lipinski definition) is 3. The smallest absolute Gasteiger partial charge is 0.228 e. The molecule has 15 heavy (non-hydrogen) atoms. The third kappa shape index (κ3) is 1.97. The molecule has 5 nitrogen and oxygen atoms in total. The Balaban J connectivity index is 1.94. The normalized spacial score (nSPS) is 31.5. The van der Waals surface area contributed by atoms with Gasteiger partial charge in [-0.3, -0.25) is 9.59 Å². The van der Waals surface area contributed by atoms with Crippen molar-refractivity contribution in [2.24, 2.45) is 11.7 Å². The van der Waals surface area contributed by atoms with Gasteiger partial charge in [-0.05, 0) is 6.42 Å². The Labute approximate surface area is 89.2 Å². The summed E-state index contributed by atoms with van der Waals surface area (Å²) in [4.78, 5) is 26.7. The molecule has 0 saturated carbocycles. The first-order valence-corrected chi connectivity index (χ1v) is 5.36. The summed E-state index contributed by atoms with van der Waals surface area (Å²) in [5.41, 5.74) is 5.74. The van der Waals surface area contributed by atoms with Crippen LogP contribution in [0.15, 0.2) is 0 Å². The summed E-state index contributed by atoms with van der Waals surface area (Å²) in [6.07, 6.45) is 1.24. The molecule has 2 heterocycles. The van der Waals surface area contributed by atoms with Crippen molar-refractivity contribution in [1.82, 2.24) is 9.80 Å². The molecule has 84 valence electrons. The van der Waals surface area contributed by atoms with Crippen molar-refractivity contribution < 1.29 is 9.59 Å². The zero-order chi connectivity index (χ0) is 11.0. The predicted molar refractivity (Wildman–Crippen MR) is 54.9 cm³/mol. The molecule has 5 heteroatoms. The highest BCUT2D eigenvalue weighted by molar-refractivity contribution is 5.89. The lowest BCUT2D eigenvalue weighted by Gasteiger charge is -2.19. The van der Waals surface area contributed by atoms with E-state index in [0.29, 0.717) is 19.5 Å². The Bertz CT molecular complexity index is 292. The Morgan fingerprint density at radius 1 is 1.47 bits per heavy atom. The van der Waals surface area contributed by atoms with Gasteiger partial charge in [-0.1, -0.05) is 0 Å². The van der Waals surface area contributed by atoms with Crippen LogP contribution in [-0.4, -0.2) is 54.3 Å². The van der Waals surface area contributed by atoms with Crippen LogP contribution in [0.2, 0.25) is 0 Å². The molecule has 0 aromatic carbocycles. The maximum absolute atomic E-state index is 12.0. The number of nitrogens with zero attached hydrogens (tertiary/aromatic N) is 2. The van der Waals surface area contributed by atoms with Crippen molar-refractivity contribution in [3.8, 4) is 0 Å². The zero-order valence-corrected chi connectivity index (χ0v) is 8.98. The standard InChI is InChI=1S/C10H17N3O2/c1-12-5-7(4-9(12)14)10(15)13-3-2-8(11)6-13/h7-8H,2-6,11H2,1H3. The fourth-order valence-corrected chi connectivity index (χ4v) is 2.27. The third-order valence-corrected chi connectivity index (χ3v) is 3.23. The highest BCUT2D eigenvalue weighted by atomic mass is 16.2. The fourth-order valence-electron chi connectivity index (χ4n) is 2.27. The predicted octanol–water partition coefficient (Wildman–Crippen LogP) is -0.976. The Morgan fingerprint density at radius 2 is 2.20 bits per heavy atom. The summed E-state index contributed by atoms with van der Waals surface area (Å²) in [6, 6.07) is 0.115. The zero-order valence-electron chi connectivity index (χ0n) is 8.98. The maximum atomic E-state index is 12.0. The number of nitrogens with two attached hydrogens (primary N) is 1. The molecule has 2 amide bonds. The Kier molecular flexibility index (Phi) is 2.65. The minimum absolute atomic E-state index is 0.0665. The van der Waals surface area contributed by atoms with Gasteiger partial charge in [0.25, 0.3) is 0 Å². The van der Waals surface area contributed by atoms with Crippen LogP contribution in [0, 0.1) is 5.92 Å². The van der Waals surface area contributed by atoms with Gasteiger partial charge in [0.2, 0.25) is 11.8 Å². The average Bonchev–Trinajstić information content (AvgIpc) is 2.74. The number of amides is 2. The van der Waals surface area contributed by atoms with Gasteiger partial charge in [0.1, 0.15) is 0 Å². The summed E-state index contributed by atoms with van der Waals surface area (Å²) in [5, 5.41) is 0. The summed E-state index contributed by atoms with van der Waals surface area (Å²) >= 11 is 0. The van der Waals surface area contributed by atoms with Crippen LogP contribution < -0.4 is 5.73 Å². The second-order valence-corrected chi connectivity index (χ2v) is 4.51. The lowest BCUT2D eigenvalue weighted by Crippen LogP contribution is -2.37. The first-order chi connectivity index (χ1) is 7.08. The van der Waals surface area contributed by atoms with E-state index in [2.05, 4.69) is 0 Å². The van der Waals surface area contributed by atoms with E-state index in [1.807, 2.05) is 0 Å². The first-order valence-electron chi connectivity index (χ1n) is 5.36. The van der Waals surface area contributed by atoms with Gasteiger partial charge in [-0.15, -0.1) is 0 Å². The SMILES string of the molecule is CN1CC(C(=O)N2CCC(N)C2)CC1=O. The van der Waals surface area contributed by atoms with E-state index >= 15 is 0 Å². The number of carbonyl (C=O) groups excluding carboxylic acids is 2. The molecule has 2 aliphatic rings. The molecule has 0 bridgehead atoms. The lowest BCUT2D eigenvalue weighted by atomic mass is 10.1. The Morgan fingerprint density at radius 3 is 2.67 bits per heavy atom. The van der Waals surface area contributed by atoms with Crippen LogP contribution in [0.25, 0.3) is 0 Å². The van der Waals surface area contributed by atoms with E-state index in [1.54, 1.807) is 16.8 Å². The summed E-state index contributed by atoms with van der Waals surface area (Å²) in [5.74, 6) is 0.0188. The van der Waals surface area contributed by atoms with Gasteiger partial charge in [0.15, 0.2) is 0 Å². The van der Waals surface area contributed by atoms with Crippen molar-refractivity contribution in [2.45, 2.75) is 18.9 Å². The molecule has 2 rings (SSSR count). The molecule has 2 saturated heterocycles. The minimum atomic E-state index is -0.146. The second-order valence-electron chi connectivity index (χ2n) is 4.51. The summed E-state index contributed by atoms with van der Waals surface area (Å²) in [6.45, 7) is 1.95. The molecule has 2 N–H and O–H groups in total. The van der Waals surface area contributed by atoms with Crippen LogP contribution in [0.1, 0.15) is 12.8 Å². The van der Waals surface area contributed by atoms with E-state index in [9.17, 15) is 9.59 Å². The van der Waals surface area contributed by atoms with E-state index in [1.165, 1.54) is 0 Å². The minimum Gasteiger partial charge on any atom is -0.345 e. The highest BCUT2D eigenvalue weighted by Crippen LogP contribution is 2.20. The molecular weight excluding hydrogens is 194 g/mol. The van der Waals surface area contributed by atoms with E-state index in [4.69, 9.17) is 5.73 Å². The quantitative estimate of drug-likeness (QED) is 0.606. The van der Waals surface area contributed by atoms with Crippen molar-refractivity contribution >= 4 is 11.8 Å². The van der Waals surface area contributed by atoms with Crippen molar-refractivity contribution in [3.63, 3.8) is 0 Å². The molecule has 2 fully saturated rings. The van der Waals surface area contributed by atoms with Gasteiger partial charge in [-0.25, -0.2) is 0 Å². The van der Waals surface area contributed by atoms with E-state index in [0.717, 1.165) is 13.0 Å². The molecule has 0 spiro atoms. The van der Waals surface area contributed by atoms with Gasteiger partial charge < -0.3 is 15.5 Å². The molecular formula is C10H17N3O2. The monoisotopic (exact) mass is 211 g/mol. The number of carbonyl (C=O) groups is 2. The molecule has 2 aliphatic heterocycles. The molecule has 0 aliphatic carbocycles.